The van der Waals surface area contributed by atoms with Crippen molar-refractivity contribution in [2.24, 2.45) is 0 Å². The van der Waals surface area contributed by atoms with Crippen LogP contribution in [-0.2, 0) is 6.54 Å². The predicted molar refractivity (Wildman–Crippen MR) is 115 cm³/mol. The minimum Gasteiger partial charge on any atom is -0.334 e. The first-order valence-corrected chi connectivity index (χ1v) is 11.2. The minimum absolute atomic E-state index is 0.124. The predicted octanol–water partition coefficient (Wildman–Crippen LogP) is 4.93. The van der Waals surface area contributed by atoms with E-state index in [1.807, 2.05) is 17.0 Å². The average Bonchev–Trinajstić information content (AvgIpc) is 2.74. The summed E-state index contributed by atoms with van der Waals surface area (Å²) in [6.07, 6.45) is 5.49. The second-order valence-electron chi connectivity index (χ2n) is 7.24. The van der Waals surface area contributed by atoms with Crippen LogP contribution >= 0.6 is 11.8 Å². The number of nitrogens with zero attached hydrogens (tertiary/aromatic N) is 1. The van der Waals surface area contributed by atoms with Gasteiger partial charge in [0.05, 0.1) is 0 Å². The van der Waals surface area contributed by atoms with E-state index >= 15 is 0 Å². The summed E-state index contributed by atoms with van der Waals surface area (Å²) in [5, 5.41) is 3.46. The third-order valence-electron chi connectivity index (χ3n) is 5.24. The molecule has 2 aromatic rings. The van der Waals surface area contributed by atoms with Crippen molar-refractivity contribution in [3.63, 3.8) is 0 Å². The zero-order valence-electron chi connectivity index (χ0n) is 16.4. The Labute approximate surface area is 167 Å². The molecule has 0 spiro atoms. The van der Waals surface area contributed by atoms with Gasteiger partial charge in [0, 0.05) is 30.1 Å². The molecule has 1 unspecified atom stereocenters. The van der Waals surface area contributed by atoms with Crippen molar-refractivity contribution in [3.8, 4) is 0 Å². The highest BCUT2D eigenvalue weighted by Gasteiger charge is 2.18. The molecule has 0 bridgehead atoms. The molecule has 1 atom stereocenters. The van der Waals surface area contributed by atoms with Gasteiger partial charge in [0.2, 0.25) is 0 Å². The zero-order valence-corrected chi connectivity index (χ0v) is 17.2. The van der Waals surface area contributed by atoms with E-state index in [0.717, 1.165) is 31.6 Å². The van der Waals surface area contributed by atoms with Crippen LogP contribution in [0.4, 0.5) is 0 Å². The molecule has 0 aliphatic carbocycles. The van der Waals surface area contributed by atoms with Gasteiger partial charge < -0.3 is 10.2 Å². The van der Waals surface area contributed by atoms with Crippen LogP contribution in [0.15, 0.2) is 53.4 Å². The van der Waals surface area contributed by atoms with Crippen LogP contribution in [0.1, 0.15) is 53.6 Å². The number of carbonyl (C=O) groups is 1. The quantitative estimate of drug-likeness (QED) is 0.689. The van der Waals surface area contributed by atoms with Crippen LogP contribution < -0.4 is 5.32 Å². The van der Waals surface area contributed by atoms with Crippen molar-refractivity contribution < 1.29 is 4.79 Å². The van der Waals surface area contributed by atoms with Crippen LogP contribution in [0.3, 0.4) is 0 Å². The molecule has 1 aliphatic heterocycles. The molecule has 1 fully saturated rings. The molecule has 0 aromatic heterocycles. The number of thioether (sulfide) groups is 1. The molecule has 2 aromatic carbocycles. The van der Waals surface area contributed by atoms with E-state index in [-0.39, 0.29) is 5.91 Å². The van der Waals surface area contributed by atoms with Gasteiger partial charge in [0.15, 0.2) is 0 Å². The SMILES string of the molecule is CCCN(Cc1ccc(SC)cc1)C(=O)c1ccc(C2CCCNC2)cc1. The summed E-state index contributed by atoms with van der Waals surface area (Å²) in [4.78, 5) is 16.3. The Bertz CT molecular complexity index is 721. The maximum atomic E-state index is 13.1. The number of hydrogen-bond donors (Lipinski definition) is 1. The molecule has 144 valence electrons. The molecular formula is C23H30N2OS. The fraction of sp³-hybridized carbons (Fsp3) is 0.435. The second-order valence-corrected chi connectivity index (χ2v) is 8.12. The van der Waals surface area contributed by atoms with Crippen molar-refractivity contribution in [1.29, 1.82) is 0 Å². The van der Waals surface area contributed by atoms with Crippen LogP contribution in [-0.4, -0.2) is 36.7 Å². The molecule has 0 radical (unpaired) electrons. The Morgan fingerprint density at radius 2 is 1.89 bits per heavy atom. The molecule has 0 saturated carbocycles. The fourth-order valence-corrected chi connectivity index (χ4v) is 4.10. The third-order valence-corrected chi connectivity index (χ3v) is 5.98. The van der Waals surface area contributed by atoms with Crippen molar-refractivity contribution >= 4 is 17.7 Å². The number of carbonyl (C=O) groups excluding carboxylic acids is 1. The zero-order chi connectivity index (χ0) is 19.1. The number of rotatable bonds is 7. The lowest BCUT2D eigenvalue weighted by Gasteiger charge is -2.24. The van der Waals surface area contributed by atoms with Gasteiger partial charge in [-0.2, -0.15) is 0 Å². The summed E-state index contributed by atoms with van der Waals surface area (Å²) in [5.74, 6) is 0.698. The number of nitrogens with one attached hydrogen (secondary N) is 1. The standard InChI is InChI=1S/C23H30N2OS/c1-3-15-25(17-18-6-12-22(27-2)13-7-18)23(26)20-10-8-19(9-11-20)21-5-4-14-24-16-21/h6-13,21,24H,3-5,14-17H2,1-2H3. The highest BCUT2D eigenvalue weighted by atomic mass is 32.2. The van der Waals surface area contributed by atoms with Crippen molar-refractivity contribution in [2.75, 3.05) is 25.9 Å². The molecule has 4 heteroatoms. The largest absolute Gasteiger partial charge is 0.334 e. The van der Waals surface area contributed by atoms with Gasteiger partial charge in [-0.25, -0.2) is 0 Å². The van der Waals surface area contributed by atoms with E-state index in [2.05, 4.69) is 54.9 Å². The molecule has 27 heavy (non-hydrogen) atoms. The van der Waals surface area contributed by atoms with E-state index in [4.69, 9.17) is 0 Å². The Morgan fingerprint density at radius 1 is 1.15 bits per heavy atom. The van der Waals surface area contributed by atoms with E-state index in [1.54, 1.807) is 11.8 Å². The fourth-order valence-electron chi connectivity index (χ4n) is 3.69. The number of amides is 1. The van der Waals surface area contributed by atoms with Gasteiger partial charge in [-0.05, 0) is 73.4 Å². The van der Waals surface area contributed by atoms with E-state index in [0.29, 0.717) is 12.5 Å². The summed E-state index contributed by atoms with van der Waals surface area (Å²) in [6, 6.07) is 16.8. The average molecular weight is 383 g/mol. The molecule has 3 rings (SSSR count). The maximum Gasteiger partial charge on any atom is 0.254 e. The Kier molecular flexibility index (Phi) is 7.36. The summed E-state index contributed by atoms with van der Waals surface area (Å²) in [6.45, 7) is 5.72. The van der Waals surface area contributed by atoms with Gasteiger partial charge in [0.1, 0.15) is 0 Å². The van der Waals surface area contributed by atoms with E-state index in [9.17, 15) is 4.79 Å². The molecule has 1 saturated heterocycles. The second kappa shape index (κ2) is 9.95. The first kappa shape index (κ1) is 20.0. The molecule has 1 amide bonds. The summed E-state index contributed by atoms with van der Waals surface area (Å²) in [7, 11) is 0. The molecule has 1 heterocycles. The Hall–Kier alpha value is -1.78. The maximum absolute atomic E-state index is 13.1. The van der Waals surface area contributed by atoms with Gasteiger partial charge >= 0.3 is 0 Å². The van der Waals surface area contributed by atoms with Crippen molar-refractivity contribution in [3.05, 3.63) is 65.2 Å². The van der Waals surface area contributed by atoms with Crippen molar-refractivity contribution in [2.45, 2.75) is 43.5 Å². The molecule has 3 nitrogen and oxygen atoms in total. The van der Waals surface area contributed by atoms with Gasteiger partial charge in [-0.3, -0.25) is 4.79 Å². The van der Waals surface area contributed by atoms with Crippen LogP contribution in [0.5, 0.6) is 0 Å². The lowest BCUT2D eigenvalue weighted by Crippen LogP contribution is -2.31. The van der Waals surface area contributed by atoms with Crippen molar-refractivity contribution in [1.82, 2.24) is 10.2 Å². The lowest BCUT2D eigenvalue weighted by molar-refractivity contribution is 0.0743. The van der Waals surface area contributed by atoms with Crippen LogP contribution in [0.25, 0.3) is 0 Å². The van der Waals surface area contributed by atoms with Crippen LogP contribution in [0, 0.1) is 0 Å². The Balaban J connectivity index is 1.69. The molecule has 1 N–H and O–H groups in total. The summed E-state index contributed by atoms with van der Waals surface area (Å²) in [5.41, 5.74) is 3.31. The van der Waals surface area contributed by atoms with Crippen LogP contribution in [0.2, 0.25) is 0 Å². The number of benzene rings is 2. The van der Waals surface area contributed by atoms with Gasteiger partial charge in [-0.1, -0.05) is 31.2 Å². The Morgan fingerprint density at radius 3 is 2.48 bits per heavy atom. The monoisotopic (exact) mass is 382 g/mol. The first-order chi connectivity index (χ1) is 13.2. The normalized spacial score (nSPS) is 16.9. The summed E-state index contributed by atoms with van der Waals surface area (Å²) >= 11 is 1.74. The topological polar surface area (TPSA) is 32.3 Å². The molecule has 1 aliphatic rings. The van der Waals surface area contributed by atoms with Gasteiger partial charge in [0.25, 0.3) is 5.91 Å². The number of piperidine rings is 1. The van der Waals surface area contributed by atoms with E-state index < -0.39 is 0 Å². The first-order valence-electron chi connectivity index (χ1n) is 9.94. The smallest absolute Gasteiger partial charge is 0.254 e. The van der Waals surface area contributed by atoms with Gasteiger partial charge in [-0.15, -0.1) is 11.8 Å². The lowest BCUT2D eigenvalue weighted by atomic mass is 9.91. The highest BCUT2D eigenvalue weighted by Crippen LogP contribution is 2.24. The number of hydrogen-bond acceptors (Lipinski definition) is 3. The summed E-state index contributed by atoms with van der Waals surface area (Å²) < 4.78 is 0. The minimum atomic E-state index is 0.124. The molecular weight excluding hydrogens is 352 g/mol. The highest BCUT2D eigenvalue weighted by molar-refractivity contribution is 7.98. The van der Waals surface area contributed by atoms with E-state index in [1.165, 1.54) is 28.9 Å². The third kappa shape index (κ3) is 5.36.